The Morgan fingerprint density at radius 3 is 2.31 bits per heavy atom. The van der Waals surface area contributed by atoms with Crippen molar-refractivity contribution in [1.29, 1.82) is 0 Å². The van der Waals surface area contributed by atoms with Gasteiger partial charge in [-0.2, -0.15) is 0 Å². The van der Waals surface area contributed by atoms with Gasteiger partial charge >= 0.3 is 5.97 Å². The SMILES string of the molecule is Cc1cc(C)cc(C(CC(=O)O)C2CC2)c1. The van der Waals surface area contributed by atoms with Gasteiger partial charge in [0.25, 0.3) is 0 Å². The lowest BCUT2D eigenvalue weighted by molar-refractivity contribution is -0.137. The topological polar surface area (TPSA) is 37.3 Å². The van der Waals surface area contributed by atoms with Crippen LogP contribution in [0.2, 0.25) is 0 Å². The van der Waals surface area contributed by atoms with Crippen molar-refractivity contribution in [3.05, 3.63) is 34.9 Å². The van der Waals surface area contributed by atoms with Crippen LogP contribution in [0.1, 0.15) is 41.9 Å². The highest BCUT2D eigenvalue weighted by molar-refractivity contribution is 5.68. The van der Waals surface area contributed by atoms with Gasteiger partial charge in [-0.3, -0.25) is 4.79 Å². The van der Waals surface area contributed by atoms with Gasteiger partial charge in [0, 0.05) is 0 Å². The monoisotopic (exact) mass is 218 g/mol. The third kappa shape index (κ3) is 2.63. The Morgan fingerprint density at radius 1 is 1.31 bits per heavy atom. The number of aryl methyl sites for hydroxylation is 2. The zero-order valence-corrected chi connectivity index (χ0v) is 9.86. The molecule has 1 aliphatic rings. The number of carboxylic acid groups (broad SMARTS) is 1. The molecule has 0 radical (unpaired) electrons. The van der Waals surface area contributed by atoms with Crippen LogP contribution in [0.25, 0.3) is 0 Å². The largest absolute Gasteiger partial charge is 0.481 e. The predicted molar refractivity (Wildman–Crippen MR) is 63.6 cm³/mol. The van der Waals surface area contributed by atoms with E-state index in [9.17, 15) is 4.79 Å². The summed E-state index contributed by atoms with van der Waals surface area (Å²) in [5, 5.41) is 8.96. The molecule has 0 aliphatic heterocycles. The first-order valence-electron chi connectivity index (χ1n) is 5.86. The number of carboxylic acids is 1. The lowest BCUT2D eigenvalue weighted by Gasteiger charge is -2.16. The van der Waals surface area contributed by atoms with E-state index in [1.54, 1.807) is 0 Å². The van der Waals surface area contributed by atoms with E-state index in [0.29, 0.717) is 5.92 Å². The van der Waals surface area contributed by atoms with Gasteiger partial charge < -0.3 is 5.11 Å². The molecular formula is C14H18O2. The van der Waals surface area contributed by atoms with E-state index in [0.717, 1.165) is 0 Å². The molecule has 1 unspecified atom stereocenters. The maximum Gasteiger partial charge on any atom is 0.303 e. The predicted octanol–water partition coefficient (Wildman–Crippen LogP) is 3.27. The van der Waals surface area contributed by atoms with Gasteiger partial charge in [0.2, 0.25) is 0 Å². The van der Waals surface area contributed by atoms with Gasteiger partial charge in [-0.25, -0.2) is 0 Å². The molecule has 0 aromatic heterocycles. The van der Waals surface area contributed by atoms with Crippen molar-refractivity contribution in [1.82, 2.24) is 0 Å². The summed E-state index contributed by atoms with van der Waals surface area (Å²) in [5.74, 6) is 0.129. The second-order valence-electron chi connectivity index (χ2n) is 4.96. The minimum atomic E-state index is -0.684. The van der Waals surface area contributed by atoms with E-state index in [2.05, 4.69) is 32.0 Å². The van der Waals surface area contributed by atoms with Gasteiger partial charge in [0.15, 0.2) is 0 Å². The third-order valence-electron chi connectivity index (χ3n) is 3.26. The molecule has 1 aliphatic carbocycles. The van der Waals surface area contributed by atoms with Crippen molar-refractivity contribution < 1.29 is 9.90 Å². The van der Waals surface area contributed by atoms with Crippen LogP contribution in [-0.4, -0.2) is 11.1 Å². The minimum absolute atomic E-state index is 0.219. The highest BCUT2D eigenvalue weighted by atomic mass is 16.4. The number of hydrogen-bond donors (Lipinski definition) is 1. The maximum atomic E-state index is 10.9. The third-order valence-corrected chi connectivity index (χ3v) is 3.26. The molecule has 2 rings (SSSR count). The normalized spacial score (nSPS) is 17.1. The fraction of sp³-hybridized carbons (Fsp3) is 0.500. The van der Waals surface area contributed by atoms with Crippen molar-refractivity contribution in [3.8, 4) is 0 Å². The van der Waals surface area contributed by atoms with Crippen LogP contribution in [0.3, 0.4) is 0 Å². The van der Waals surface area contributed by atoms with Crippen LogP contribution in [0.15, 0.2) is 18.2 Å². The molecule has 0 bridgehead atoms. The molecule has 1 aromatic carbocycles. The van der Waals surface area contributed by atoms with Crippen molar-refractivity contribution in [3.63, 3.8) is 0 Å². The first-order valence-corrected chi connectivity index (χ1v) is 5.86. The van der Waals surface area contributed by atoms with Crippen molar-refractivity contribution in [2.45, 2.75) is 39.0 Å². The quantitative estimate of drug-likeness (QED) is 0.842. The Morgan fingerprint density at radius 2 is 1.88 bits per heavy atom. The van der Waals surface area contributed by atoms with Crippen molar-refractivity contribution >= 4 is 5.97 Å². The van der Waals surface area contributed by atoms with E-state index >= 15 is 0 Å². The van der Waals surface area contributed by atoms with Gasteiger partial charge in [0.1, 0.15) is 0 Å². The Bertz CT molecular complexity index is 385. The van der Waals surface area contributed by atoms with Crippen LogP contribution in [0.5, 0.6) is 0 Å². The molecule has 2 nitrogen and oxygen atoms in total. The Balaban J connectivity index is 2.26. The minimum Gasteiger partial charge on any atom is -0.481 e. The fourth-order valence-corrected chi connectivity index (χ4v) is 2.47. The zero-order chi connectivity index (χ0) is 11.7. The zero-order valence-electron chi connectivity index (χ0n) is 9.86. The molecule has 1 saturated carbocycles. The Kier molecular flexibility index (Phi) is 2.99. The summed E-state index contributed by atoms with van der Waals surface area (Å²) in [7, 11) is 0. The summed E-state index contributed by atoms with van der Waals surface area (Å²) in [4.78, 5) is 10.9. The van der Waals surface area contributed by atoms with Crippen LogP contribution in [0.4, 0.5) is 0 Å². The molecule has 0 amide bonds. The first-order chi connectivity index (χ1) is 7.56. The number of rotatable bonds is 4. The van der Waals surface area contributed by atoms with Gasteiger partial charge in [0.05, 0.1) is 6.42 Å². The standard InChI is InChI=1S/C14H18O2/c1-9-5-10(2)7-12(6-9)13(8-14(15)16)11-3-4-11/h5-7,11,13H,3-4,8H2,1-2H3,(H,15,16). The molecular weight excluding hydrogens is 200 g/mol. The summed E-state index contributed by atoms with van der Waals surface area (Å²) < 4.78 is 0. The molecule has 86 valence electrons. The number of aliphatic carboxylic acids is 1. The van der Waals surface area contributed by atoms with Gasteiger partial charge in [-0.05, 0) is 44.1 Å². The Labute approximate surface area is 96.3 Å². The molecule has 1 fully saturated rings. The summed E-state index contributed by atoms with van der Waals surface area (Å²) in [5.41, 5.74) is 3.67. The summed E-state index contributed by atoms with van der Waals surface area (Å²) in [6, 6.07) is 6.41. The van der Waals surface area contributed by atoms with E-state index in [1.165, 1.54) is 29.5 Å². The Hall–Kier alpha value is -1.31. The first kappa shape index (κ1) is 11.2. The molecule has 1 N–H and O–H groups in total. The molecule has 0 heterocycles. The maximum absolute atomic E-state index is 10.9. The number of hydrogen-bond acceptors (Lipinski definition) is 1. The van der Waals surface area contributed by atoms with Crippen molar-refractivity contribution in [2.75, 3.05) is 0 Å². The number of carbonyl (C=O) groups is 1. The van der Waals surface area contributed by atoms with Crippen LogP contribution >= 0.6 is 0 Å². The second-order valence-corrected chi connectivity index (χ2v) is 4.96. The van der Waals surface area contributed by atoms with E-state index in [1.807, 2.05) is 0 Å². The van der Waals surface area contributed by atoms with Gasteiger partial charge in [-0.1, -0.05) is 29.3 Å². The summed E-state index contributed by atoms with van der Waals surface area (Å²) in [6.45, 7) is 4.14. The summed E-state index contributed by atoms with van der Waals surface area (Å²) >= 11 is 0. The van der Waals surface area contributed by atoms with E-state index in [4.69, 9.17) is 5.11 Å². The van der Waals surface area contributed by atoms with E-state index < -0.39 is 5.97 Å². The lowest BCUT2D eigenvalue weighted by atomic mass is 9.89. The van der Waals surface area contributed by atoms with Crippen LogP contribution < -0.4 is 0 Å². The molecule has 0 spiro atoms. The average Bonchev–Trinajstić information content (AvgIpc) is 2.95. The fourth-order valence-electron chi connectivity index (χ4n) is 2.47. The highest BCUT2D eigenvalue weighted by Gasteiger charge is 2.33. The van der Waals surface area contributed by atoms with Gasteiger partial charge in [-0.15, -0.1) is 0 Å². The molecule has 16 heavy (non-hydrogen) atoms. The second kappa shape index (κ2) is 4.28. The number of benzene rings is 1. The summed E-state index contributed by atoms with van der Waals surface area (Å²) in [6.07, 6.45) is 2.64. The molecule has 2 heteroatoms. The van der Waals surface area contributed by atoms with Crippen molar-refractivity contribution in [2.24, 2.45) is 5.92 Å². The smallest absolute Gasteiger partial charge is 0.303 e. The van der Waals surface area contributed by atoms with Crippen LogP contribution in [-0.2, 0) is 4.79 Å². The highest BCUT2D eigenvalue weighted by Crippen LogP contribution is 2.44. The molecule has 1 aromatic rings. The average molecular weight is 218 g/mol. The lowest BCUT2D eigenvalue weighted by Crippen LogP contribution is -2.08. The van der Waals surface area contributed by atoms with E-state index in [-0.39, 0.29) is 12.3 Å². The molecule has 1 atom stereocenters. The van der Waals surface area contributed by atoms with Crippen LogP contribution in [0, 0.1) is 19.8 Å². The molecule has 0 saturated heterocycles.